The van der Waals surface area contributed by atoms with Gasteiger partial charge in [0, 0.05) is 19.5 Å². The molecule has 8 nitrogen and oxygen atoms in total. The molecule has 2 aliphatic rings. The van der Waals surface area contributed by atoms with E-state index in [0.717, 1.165) is 12.8 Å². The standard InChI is InChI=1S/C16H20N2O6/c1-10(19)23-15-8-13(11-5-7-17-9-12(11)18(21)22)24-14-4-2-3-6-16(14,15)20/h5,7,9,13-15,20H,2-4,6,8H2,1H3/t13-,14-,15-,16-/m1/s1. The summed E-state index contributed by atoms with van der Waals surface area (Å²) in [6, 6.07) is 1.54. The fourth-order valence-corrected chi connectivity index (χ4v) is 3.73. The van der Waals surface area contributed by atoms with Crippen molar-refractivity contribution in [1.82, 2.24) is 4.98 Å². The number of pyridine rings is 1. The van der Waals surface area contributed by atoms with Crippen LogP contribution in [0.25, 0.3) is 0 Å². The number of aliphatic hydroxyl groups is 1. The van der Waals surface area contributed by atoms with Crippen LogP contribution in [0.5, 0.6) is 0 Å². The highest BCUT2D eigenvalue weighted by atomic mass is 16.6. The van der Waals surface area contributed by atoms with E-state index in [-0.39, 0.29) is 12.1 Å². The number of esters is 1. The molecule has 0 aromatic carbocycles. The van der Waals surface area contributed by atoms with Crippen LogP contribution in [0.3, 0.4) is 0 Å². The summed E-state index contributed by atoms with van der Waals surface area (Å²) in [5.74, 6) is -0.484. The zero-order chi connectivity index (χ0) is 17.3. The number of hydrogen-bond donors (Lipinski definition) is 1. The monoisotopic (exact) mass is 336 g/mol. The summed E-state index contributed by atoms with van der Waals surface area (Å²) in [4.78, 5) is 26.0. The van der Waals surface area contributed by atoms with Crippen LogP contribution < -0.4 is 0 Å². The number of carbonyl (C=O) groups excluding carboxylic acids is 1. The summed E-state index contributed by atoms with van der Waals surface area (Å²) >= 11 is 0. The van der Waals surface area contributed by atoms with Gasteiger partial charge in [0.2, 0.25) is 0 Å². The topological polar surface area (TPSA) is 112 Å². The number of aromatic nitrogens is 1. The molecule has 0 unspecified atom stereocenters. The zero-order valence-corrected chi connectivity index (χ0v) is 13.4. The minimum atomic E-state index is -1.23. The number of nitrogens with zero attached hydrogens (tertiary/aromatic N) is 2. The van der Waals surface area contributed by atoms with E-state index in [1.54, 1.807) is 6.07 Å². The maximum absolute atomic E-state index is 11.5. The van der Waals surface area contributed by atoms with E-state index in [4.69, 9.17) is 9.47 Å². The minimum absolute atomic E-state index is 0.134. The number of hydrogen-bond acceptors (Lipinski definition) is 7. The molecule has 3 rings (SSSR count). The number of fused-ring (bicyclic) bond motifs is 1. The molecule has 2 fully saturated rings. The van der Waals surface area contributed by atoms with Crippen molar-refractivity contribution in [3.05, 3.63) is 34.1 Å². The van der Waals surface area contributed by atoms with Crippen molar-refractivity contribution in [3.8, 4) is 0 Å². The van der Waals surface area contributed by atoms with Gasteiger partial charge in [-0.3, -0.25) is 19.9 Å². The van der Waals surface area contributed by atoms with Crippen LogP contribution in [0.1, 0.15) is 50.7 Å². The fourth-order valence-electron chi connectivity index (χ4n) is 3.73. The second kappa shape index (κ2) is 6.45. The Bertz CT molecular complexity index is 651. The zero-order valence-electron chi connectivity index (χ0n) is 13.4. The predicted molar refractivity (Wildman–Crippen MR) is 82.1 cm³/mol. The van der Waals surface area contributed by atoms with E-state index < -0.39 is 34.8 Å². The highest BCUT2D eigenvalue weighted by Gasteiger charge is 2.53. The van der Waals surface area contributed by atoms with Crippen molar-refractivity contribution >= 4 is 11.7 Å². The van der Waals surface area contributed by atoms with Crippen LogP contribution in [-0.2, 0) is 14.3 Å². The first-order valence-corrected chi connectivity index (χ1v) is 8.05. The Hall–Kier alpha value is -2.06. The number of ether oxygens (including phenoxy) is 2. The average Bonchev–Trinajstić information content (AvgIpc) is 2.54. The summed E-state index contributed by atoms with van der Waals surface area (Å²) < 4.78 is 11.4. The van der Waals surface area contributed by atoms with Gasteiger partial charge in [0.25, 0.3) is 5.69 Å². The van der Waals surface area contributed by atoms with Crippen molar-refractivity contribution in [2.75, 3.05) is 0 Å². The third-order valence-corrected chi connectivity index (χ3v) is 4.85. The average molecular weight is 336 g/mol. The Morgan fingerprint density at radius 3 is 3.04 bits per heavy atom. The molecule has 4 atom stereocenters. The molecular weight excluding hydrogens is 316 g/mol. The van der Waals surface area contributed by atoms with Gasteiger partial charge in [-0.15, -0.1) is 0 Å². The normalized spacial score (nSPS) is 32.7. The molecule has 0 spiro atoms. The van der Waals surface area contributed by atoms with Gasteiger partial charge in [0.1, 0.15) is 17.9 Å². The lowest BCUT2D eigenvalue weighted by Gasteiger charge is -2.49. The van der Waals surface area contributed by atoms with Gasteiger partial charge in [-0.05, 0) is 18.9 Å². The van der Waals surface area contributed by atoms with Gasteiger partial charge in [-0.1, -0.05) is 12.8 Å². The SMILES string of the molecule is CC(=O)O[C@@H]1C[C@H](c2ccncc2[N+](=O)[O-])O[C@@H]2CCCC[C@]12O. The molecule has 2 heterocycles. The largest absolute Gasteiger partial charge is 0.459 e. The Labute approximate surface area is 138 Å². The lowest BCUT2D eigenvalue weighted by Crippen LogP contribution is -2.60. The van der Waals surface area contributed by atoms with Crippen LogP contribution in [0.2, 0.25) is 0 Å². The van der Waals surface area contributed by atoms with Crippen LogP contribution in [0.15, 0.2) is 18.5 Å². The molecule has 1 aromatic rings. The highest BCUT2D eigenvalue weighted by molar-refractivity contribution is 5.66. The summed E-state index contributed by atoms with van der Waals surface area (Å²) in [5.41, 5.74) is -0.979. The van der Waals surface area contributed by atoms with Gasteiger partial charge >= 0.3 is 5.97 Å². The third kappa shape index (κ3) is 2.99. The molecule has 1 N–H and O–H groups in total. The van der Waals surface area contributed by atoms with Crippen molar-refractivity contribution < 1.29 is 24.3 Å². The van der Waals surface area contributed by atoms with Crippen LogP contribution in [0.4, 0.5) is 5.69 Å². The number of carbonyl (C=O) groups is 1. The van der Waals surface area contributed by atoms with Crippen LogP contribution in [-0.4, -0.2) is 38.8 Å². The first-order chi connectivity index (χ1) is 11.4. The molecule has 1 saturated carbocycles. The van der Waals surface area contributed by atoms with Gasteiger partial charge in [0.15, 0.2) is 0 Å². The molecule has 0 bridgehead atoms. The quantitative estimate of drug-likeness (QED) is 0.511. The summed E-state index contributed by atoms with van der Waals surface area (Å²) in [6.45, 7) is 1.29. The van der Waals surface area contributed by atoms with Crippen LogP contribution in [0, 0.1) is 10.1 Å². The first-order valence-electron chi connectivity index (χ1n) is 8.05. The molecule has 0 radical (unpaired) electrons. The van der Waals surface area contributed by atoms with Crippen molar-refractivity contribution in [2.24, 2.45) is 0 Å². The third-order valence-electron chi connectivity index (χ3n) is 4.85. The molecule has 1 saturated heterocycles. The smallest absolute Gasteiger partial charge is 0.303 e. The van der Waals surface area contributed by atoms with Gasteiger partial charge < -0.3 is 14.6 Å². The Kier molecular flexibility index (Phi) is 4.51. The first kappa shape index (κ1) is 16.8. The molecular formula is C16H20N2O6. The number of rotatable bonds is 3. The highest BCUT2D eigenvalue weighted by Crippen LogP contribution is 2.46. The van der Waals surface area contributed by atoms with E-state index in [9.17, 15) is 20.0 Å². The van der Waals surface area contributed by atoms with Crippen molar-refractivity contribution in [3.63, 3.8) is 0 Å². The molecule has 1 aliphatic carbocycles. The van der Waals surface area contributed by atoms with Gasteiger partial charge in [0.05, 0.1) is 22.7 Å². The molecule has 130 valence electrons. The summed E-state index contributed by atoms with van der Waals surface area (Å²) in [5, 5.41) is 22.2. The predicted octanol–water partition coefficient (Wildman–Crippen LogP) is 2.06. The maximum atomic E-state index is 11.5. The minimum Gasteiger partial charge on any atom is -0.459 e. The van der Waals surface area contributed by atoms with Crippen molar-refractivity contribution in [1.29, 1.82) is 0 Å². The van der Waals surface area contributed by atoms with Crippen molar-refractivity contribution in [2.45, 2.75) is 62.9 Å². The lowest BCUT2D eigenvalue weighted by molar-refractivity contribution is -0.387. The molecule has 24 heavy (non-hydrogen) atoms. The van der Waals surface area contributed by atoms with E-state index >= 15 is 0 Å². The molecule has 1 aliphatic heterocycles. The van der Waals surface area contributed by atoms with E-state index in [2.05, 4.69) is 4.98 Å². The molecule has 0 amide bonds. The van der Waals surface area contributed by atoms with E-state index in [0.29, 0.717) is 18.4 Å². The Balaban J connectivity index is 1.94. The fraction of sp³-hybridized carbons (Fsp3) is 0.625. The second-order valence-corrected chi connectivity index (χ2v) is 6.38. The summed E-state index contributed by atoms with van der Waals surface area (Å²) in [6.07, 6.45) is 3.78. The summed E-state index contributed by atoms with van der Waals surface area (Å²) in [7, 11) is 0. The Morgan fingerprint density at radius 1 is 1.54 bits per heavy atom. The molecule has 1 aromatic heterocycles. The van der Waals surface area contributed by atoms with E-state index in [1.807, 2.05) is 0 Å². The maximum Gasteiger partial charge on any atom is 0.303 e. The number of nitro groups is 1. The second-order valence-electron chi connectivity index (χ2n) is 6.38. The van der Waals surface area contributed by atoms with Gasteiger partial charge in [-0.2, -0.15) is 0 Å². The lowest BCUT2D eigenvalue weighted by atomic mass is 9.74. The van der Waals surface area contributed by atoms with Crippen LogP contribution >= 0.6 is 0 Å². The van der Waals surface area contributed by atoms with E-state index in [1.165, 1.54) is 19.3 Å². The molecule has 8 heteroatoms. The van der Waals surface area contributed by atoms with Gasteiger partial charge in [-0.25, -0.2) is 0 Å². The Morgan fingerprint density at radius 2 is 2.33 bits per heavy atom.